The fraction of sp³-hybridized carbons (Fsp3) is 0.632. The average Bonchev–Trinajstić information content (AvgIpc) is 3.24. The van der Waals surface area contributed by atoms with Crippen molar-refractivity contribution >= 4 is 5.91 Å². The van der Waals surface area contributed by atoms with Gasteiger partial charge < -0.3 is 10.6 Å². The Bertz CT molecular complexity index is 527. The topological polar surface area (TPSA) is 41.1 Å². The van der Waals surface area contributed by atoms with Crippen molar-refractivity contribution in [2.24, 2.45) is 5.92 Å². The summed E-state index contributed by atoms with van der Waals surface area (Å²) in [7, 11) is 0. The highest BCUT2D eigenvalue weighted by Crippen LogP contribution is 2.29. The molecule has 2 atom stereocenters. The lowest BCUT2D eigenvalue weighted by Crippen LogP contribution is -2.44. The normalized spacial score (nSPS) is 28.4. The van der Waals surface area contributed by atoms with Crippen LogP contribution in [0.2, 0.25) is 0 Å². The summed E-state index contributed by atoms with van der Waals surface area (Å²) in [5, 5.41) is 7.02. The fourth-order valence-electron chi connectivity index (χ4n) is 4.14. The number of fused-ring (bicyclic) bond motifs is 1. The molecule has 1 aromatic rings. The predicted molar refractivity (Wildman–Crippen MR) is 87.7 cm³/mol. The Morgan fingerprint density at radius 2 is 1.64 bits per heavy atom. The SMILES string of the molecule is O=C(NC1CC1)[C@@H]1CCC[C@@H](NC2Cc3ccccc3C2)C1. The third-order valence-corrected chi connectivity index (χ3v) is 5.49. The molecule has 0 radical (unpaired) electrons. The van der Waals surface area contributed by atoms with Crippen molar-refractivity contribution in [1.29, 1.82) is 0 Å². The summed E-state index contributed by atoms with van der Waals surface area (Å²) < 4.78 is 0. The van der Waals surface area contributed by atoms with Gasteiger partial charge in [-0.3, -0.25) is 4.79 Å². The van der Waals surface area contributed by atoms with E-state index in [2.05, 4.69) is 34.9 Å². The van der Waals surface area contributed by atoms with Gasteiger partial charge in [-0.15, -0.1) is 0 Å². The van der Waals surface area contributed by atoms with Crippen molar-refractivity contribution in [3.63, 3.8) is 0 Å². The van der Waals surface area contributed by atoms with Crippen LogP contribution in [0.4, 0.5) is 0 Å². The Labute approximate surface area is 132 Å². The second-order valence-corrected chi connectivity index (χ2v) is 7.38. The molecule has 0 unspecified atom stereocenters. The van der Waals surface area contributed by atoms with Crippen molar-refractivity contribution in [2.45, 2.75) is 69.5 Å². The second-order valence-electron chi connectivity index (χ2n) is 7.38. The minimum Gasteiger partial charge on any atom is -0.353 e. The predicted octanol–water partition coefficient (Wildman–Crippen LogP) is 2.58. The maximum atomic E-state index is 12.3. The Morgan fingerprint density at radius 1 is 0.909 bits per heavy atom. The highest BCUT2D eigenvalue weighted by atomic mass is 16.2. The van der Waals surface area contributed by atoms with E-state index in [1.807, 2.05) is 0 Å². The molecule has 0 heterocycles. The van der Waals surface area contributed by atoms with Gasteiger partial charge in [-0.2, -0.15) is 0 Å². The first-order valence-corrected chi connectivity index (χ1v) is 8.91. The van der Waals surface area contributed by atoms with Gasteiger partial charge in [-0.05, 0) is 56.1 Å². The first kappa shape index (κ1) is 14.3. The minimum absolute atomic E-state index is 0.232. The molecular weight excluding hydrogens is 272 g/mol. The van der Waals surface area contributed by atoms with E-state index < -0.39 is 0 Å². The monoisotopic (exact) mass is 298 g/mol. The molecule has 22 heavy (non-hydrogen) atoms. The molecule has 118 valence electrons. The van der Waals surface area contributed by atoms with Crippen LogP contribution in [0.1, 0.15) is 49.7 Å². The number of hydrogen-bond acceptors (Lipinski definition) is 2. The summed E-state index contributed by atoms with van der Waals surface area (Å²) in [6.45, 7) is 0. The number of nitrogens with one attached hydrogen (secondary N) is 2. The van der Waals surface area contributed by atoms with Gasteiger partial charge in [0.25, 0.3) is 0 Å². The van der Waals surface area contributed by atoms with E-state index >= 15 is 0 Å². The van der Waals surface area contributed by atoms with Gasteiger partial charge in [0.05, 0.1) is 0 Å². The maximum Gasteiger partial charge on any atom is 0.223 e. The quantitative estimate of drug-likeness (QED) is 0.897. The van der Waals surface area contributed by atoms with Crippen LogP contribution in [0.5, 0.6) is 0 Å². The van der Waals surface area contributed by atoms with E-state index in [0.29, 0.717) is 24.0 Å². The summed E-state index contributed by atoms with van der Waals surface area (Å²) in [6, 6.07) is 10.4. The molecule has 0 bridgehead atoms. The summed E-state index contributed by atoms with van der Waals surface area (Å²) in [5.74, 6) is 0.541. The zero-order valence-corrected chi connectivity index (χ0v) is 13.2. The van der Waals surface area contributed by atoms with Crippen LogP contribution in [0.25, 0.3) is 0 Å². The molecule has 3 nitrogen and oxygen atoms in total. The molecule has 3 aliphatic carbocycles. The third-order valence-electron chi connectivity index (χ3n) is 5.49. The van der Waals surface area contributed by atoms with E-state index in [1.54, 1.807) is 0 Å². The standard InChI is InChI=1S/C19H26N2O/c22-19(21-16-8-9-16)15-6-3-7-17(12-15)20-18-10-13-4-1-2-5-14(13)11-18/h1-2,4-5,15-18,20H,3,6-12H2,(H,21,22)/t15-,17-/m1/s1. The largest absolute Gasteiger partial charge is 0.353 e. The summed E-state index contributed by atoms with van der Waals surface area (Å²) in [4.78, 5) is 12.3. The number of benzene rings is 1. The number of hydrogen-bond donors (Lipinski definition) is 2. The molecule has 2 fully saturated rings. The number of amides is 1. The maximum absolute atomic E-state index is 12.3. The fourth-order valence-corrected chi connectivity index (χ4v) is 4.14. The van der Waals surface area contributed by atoms with E-state index in [1.165, 1.54) is 36.8 Å². The molecule has 1 aromatic carbocycles. The molecule has 3 aliphatic rings. The van der Waals surface area contributed by atoms with Gasteiger partial charge in [-0.1, -0.05) is 30.7 Å². The highest BCUT2D eigenvalue weighted by molar-refractivity contribution is 5.79. The second kappa shape index (κ2) is 6.04. The van der Waals surface area contributed by atoms with Crippen LogP contribution in [0.3, 0.4) is 0 Å². The number of carbonyl (C=O) groups is 1. The van der Waals surface area contributed by atoms with Crippen LogP contribution < -0.4 is 10.6 Å². The van der Waals surface area contributed by atoms with E-state index in [9.17, 15) is 4.79 Å². The van der Waals surface area contributed by atoms with Crippen LogP contribution in [0.15, 0.2) is 24.3 Å². The third kappa shape index (κ3) is 3.19. The van der Waals surface area contributed by atoms with E-state index in [4.69, 9.17) is 0 Å². The molecule has 3 heteroatoms. The molecule has 0 aromatic heterocycles. The van der Waals surface area contributed by atoms with Gasteiger partial charge in [0, 0.05) is 24.0 Å². The zero-order chi connectivity index (χ0) is 14.9. The molecule has 4 rings (SSSR count). The van der Waals surface area contributed by atoms with Gasteiger partial charge in [0.15, 0.2) is 0 Å². The van der Waals surface area contributed by atoms with Gasteiger partial charge in [-0.25, -0.2) is 0 Å². The van der Waals surface area contributed by atoms with Crippen LogP contribution in [-0.4, -0.2) is 24.0 Å². The Hall–Kier alpha value is -1.35. The number of rotatable bonds is 4. The first-order chi connectivity index (χ1) is 10.8. The highest BCUT2D eigenvalue weighted by Gasteiger charge is 2.32. The zero-order valence-electron chi connectivity index (χ0n) is 13.2. The summed E-state index contributed by atoms with van der Waals surface area (Å²) in [6.07, 6.45) is 9.14. The van der Waals surface area contributed by atoms with E-state index in [-0.39, 0.29) is 5.92 Å². The molecule has 0 aliphatic heterocycles. The van der Waals surface area contributed by atoms with Crippen molar-refractivity contribution < 1.29 is 4.79 Å². The Balaban J connectivity index is 1.30. The molecule has 0 saturated heterocycles. The lowest BCUT2D eigenvalue weighted by Gasteiger charge is -2.31. The van der Waals surface area contributed by atoms with Crippen molar-refractivity contribution in [2.75, 3.05) is 0 Å². The number of carbonyl (C=O) groups excluding carboxylic acids is 1. The lowest BCUT2D eigenvalue weighted by atomic mass is 9.84. The van der Waals surface area contributed by atoms with Crippen LogP contribution in [0, 0.1) is 5.92 Å². The molecule has 1 amide bonds. The molecule has 2 N–H and O–H groups in total. The molecular formula is C19H26N2O. The van der Waals surface area contributed by atoms with Crippen LogP contribution in [-0.2, 0) is 17.6 Å². The summed E-state index contributed by atoms with van der Waals surface area (Å²) in [5.41, 5.74) is 3.00. The van der Waals surface area contributed by atoms with Crippen molar-refractivity contribution in [1.82, 2.24) is 10.6 Å². The Morgan fingerprint density at radius 3 is 2.32 bits per heavy atom. The van der Waals surface area contributed by atoms with Gasteiger partial charge >= 0.3 is 0 Å². The van der Waals surface area contributed by atoms with Crippen molar-refractivity contribution in [3.8, 4) is 0 Å². The van der Waals surface area contributed by atoms with E-state index in [0.717, 1.165) is 25.7 Å². The summed E-state index contributed by atoms with van der Waals surface area (Å²) >= 11 is 0. The Kier molecular flexibility index (Phi) is 3.91. The first-order valence-electron chi connectivity index (χ1n) is 8.91. The van der Waals surface area contributed by atoms with Crippen LogP contribution >= 0.6 is 0 Å². The lowest BCUT2D eigenvalue weighted by molar-refractivity contribution is -0.126. The van der Waals surface area contributed by atoms with Gasteiger partial charge in [0.1, 0.15) is 0 Å². The van der Waals surface area contributed by atoms with Gasteiger partial charge in [0.2, 0.25) is 5.91 Å². The smallest absolute Gasteiger partial charge is 0.223 e. The molecule has 0 spiro atoms. The van der Waals surface area contributed by atoms with Crippen molar-refractivity contribution in [3.05, 3.63) is 35.4 Å². The minimum atomic E-state index is 0.232. The molecule has 2 saturated carbocycles. The average molecular weight is 298 g/mol.